The molecule has 1 atom stereocenters. The van der Waals surface area contributed by atoms with E-state index >= 15 is 0 Å². The van der Waals surface area contributed by atoms with Gasteiger partial charge in [0.2, 0.25) is 0 Å². The minimum atomic E-state index is -0.794. The molecule has 0 aliphatic carbocycles. The average Bonchev–Trinajstić information content (AvgIpc) is 2.39. The highest BCUT2D eigenvalue weighted by Gasteiger charge is 2.12. The van der Waals surface area contributed by atoms with Gasteiger partial charge >= 0.3 is 0 Å². The zero-order valence-electron chi connectivity index (χ0n) is 10.7. The second-order valence-electron chi connectivity index (χ2n) is 4.38. The van der Waals surface area contributed by atoms with Gasteiger partial charge in [-0.1, -0.05) is 15.9 Å². The number of aliphatic hydroxyl groups excluding tert-OH is 1. The Morgan fingerprint density at radius 3 is 2.65 bits per heavy atom. The molecule has 0 bridgehead atoms. The van der Waals surface area contributed by atoms with Crippen LogP contribution in [0.1, 0.15) is 24.2 Å². The van der Waals surface area contributed by atoms with E-state index in [-0.39, 0.29) is 12.4 Å². The largest absolute Gasteiger partial charge is 0.488 e. The fourth-order valence-corrected chi connectivity index (χ4v) is 2.20. The van der Waals surface area contributed by atoms with Crippen molar-refractivity contribution in [3.8, 4) is 5.75 Å². The van der Waals surface area contributed by atoms with Crippen molar-refractivity contribution in [2.75, 3.05) is 0 Å². The third kappa shape index (κ3) is 3.55. The molecule has 2 nitrogen and oxygen atoms in total. The lowest BCUT2D eigenvalue weighted by molar-refractivity contribution is 0.189. The fourth-order valence-electron chi connectivity index (χ4n) is 1.79. The van der Waals surface area contributed by atoms with Crippen LogP contribution in [0.15, 0.2) is 40.9 Å². The first-order valence-corrected chi connectivity index (χ1v) is 6.81. The van der Waals surface area contributed by atoms with E-state index in [0.717, 1.165) is 4.47 Å². The van der Waals surface area contributed by atoms with Crippen LogP contribution in [0.3, 0.4) is 0 Å². The summed E-state index contributed by atoms with van der Waals surface area (Å²) in [4.78, 5) is 0. The van der Waals surface area contributed by atoms with E-state index in [0.29, 0.717) is 11.1 Å². The molecule has 2 aromatic carbocycles. The SMILES string of the molecule is CC(O)c1ccc(F)cc1OCc1cc(Br)ccc1F. The summed E-state index contributed by atoms with van der Waals surface area (Å²) in [7, 11) is 0. The fraction of sp³-hybridized carbons (Fsp3) is 0.200. The second-order valence-corrected chi connectivity index (χ2v) is 5.30. The van der Waals surface area contributed by atoms with Gasteiger partial charge in [-0.3, -0.25) is 0 Å². The number of halogens is 3. The van der Waals surface area contributed by atoms with Gasteiger partial charge in [-0.2, -0.15) is 0 Å². The highest BCUT2D eigenvalue weighted by atomic mass is 79.9. The Balaban J connectivity index is 2.22. The normalized spacial score (nSPS) is 12.2. The van der Waals surface area contributed by atoms with Crippen molar-refractivity contribution in [3.05, 3.63) is 63.6 Å². The van der Waals surface area contributed by atoms with E-state index in [9.17, 15) is 13.9 Å². The van der Waals surface area contributed by atoms with Gasteiger partial charge in [0.25, 0.3) is 0 Å². The molecule has 20 heavy (non-hydrogen) atoms. The van der Waals surface area contributed by atoms with Gasteiger partial charge in [0.15, 0.2) is 0 Å². The van der Waals surface area contributed by atoms with Crippen LogP contribution in [0, 0.1) is 11.6 Å². The summed E-state index contributed by atoms with van der Waals surface area (Å²) in [5.41, 5.74) is 0.807. The molecule has 0 radical (unpaired) electrons. The van der Waals surface area contributed by atoms with E-state index in [1.165, 1.54) is 24.3 Å². The number of aliphatic hydroxyl groups is 1. The van der Waals surface area contributed by atoms with E-state index in [4.69, 9.17) is 4.74 Å². The van der Waals surface area contributed by atoms with Gasteiger partial charge in [-0.25, -0.2) is 8.78 Å². The molecule has 0 spiro atoms. The maximum absolute atomic E-state index is 13.6. The highest BCUT2D eigenvalue weighted by Crippen LogP contribution is 2.27. The summed E-state index contributed by atoms with van der Waals surface area (Å²) in [5.74, 6) is -0.665. The molecule has 0 heterocycles. The van der Waals surface area contributed by atoms with Gasteiger partial charge in [0, 0.05) is 21.7 Å². The Hall–Kier alpha value is -1.46. The number of ether oxygens (including phenoxy) is 1. The van der Waals surface area contributed by atoms with E-state index < -0.39 is 17.7 Å². The molecule has 5 heteroatoms. The number of benzene rings is 2. The van der Waals surface area contributed by atoms with Crippen molar-refractivity contribution in [2.24, 2.45) is 0 Å². The van der Waals surface area contributed by atoms with Crippen molar-refractivity contribution in [3.63, 3.8) is 0 Å². The molecule has 1 unspecified atom stereocenters. The molecule has 2 aromatic rings. The first-order valence-electron chi connectivity index (χ1n) is 6.01. The summed E-state index contributed by atoms with van der Waals surface area (Å²) in [5, 5.41) is 9.61. The lowest BCUT2D eigenvalue weighted by atomic mass is 10.1. The molecule has 0 aromatic heterocycles. The predicted molar refractivity (Wildman–Crippen MR) is 75.5 cm³/mol. The standard InChI is InChI=1S/C15H13BrF2O2/c1-9(19)13-4-3-12(17)7-15(13)20-8-10-6-11(16)2-5-14(10)18/h2-7,9,19H,8H2,1H3. The summed E-state index contributed by atoms with van der Waals surface area (Å²) < 4.78 is 33.0. The molecule has 0 fully saturated rings. The van der Waals surface area contributed by atoms with Gasteiger partial charge in [0.05, 0.1) is 6.10 Å². The molecule has 1 N–H and O–H groups in total. The quantitative estimate of drug-likeness (QED) is 0.894. The molecular weight excluding hydrogens is 330 g/mol. The van der Waals surface area contributed by atoms with Gasteiger partial charge < -0.3 is 9.84 Å². The monoisotopic (exact) mass is 342 g/mol. The third-order valence-electron chi connectivity index (χ3n) is 2.82. The van der Waals surface area contributed by atoms with Crippen LogP contribution in [-0.2, 0) is 6.61 Å². The number of hydrogen-bond acceptors (Lipinski definition) is 2. The van der Waals surface area contributed by atoms with Gasteiger partial charge in [-0.05, 0) is 37.3 Å². The lowest BCUT2D eigenvalue weighted by Gasteiger charge is -2.14. The second kappa shape index (κ2) is 6.33. The molecular formula is C15H13BrF2O2. The molecule has 2 rings (SSSR count). The van der Waals surface area contributed by atoms with Crippen LogP contribution >= 0.6 is 15.9 Å². The van der Waals surface area contributed by atoms with E-state index in [1.807, 2.05) is 0 Å². The first kappa shape index (κ1) is 14.9. The Kier molecular flexibility index (Phi) is 4.73. The molecule has 0 aliphatic rings. The molecule has 0 amide bonds. The third-order valence-corrected chi connectivity index (χ3v) is 3.31. The van der Waals surface area contributed by atoms with Crippen molar-refractivity contribution >= 4 is 15.9 Å². The van der Waals surface area contributed by atoms with Crippen LogP contribution in [-0.4, -0.2) is 5.11 Å². The lowest BCUT2D eigenvalue weighted by Crippen LogP contribution is -2.03. The van der Waals surface area contributed by atoms with Crippen LogP contribution in [0.5, 0.6) is 5.75 Å². The Morgan fingerprint density at radius 2 is 1.95 bits per heavy atom. The summed E-state index contributed by atoms with van der Waals surface area (Å²) in [6.07, 6.45) is -0.794. The molecule has 0 saturated heterocycles. The number of hydrogen-bond donors (Lipinski definition) is 1. The molecule has 0 aliphatic heterocycles. The molecule has 106 valence electrons. The van der Waals surface area contributed by atoms with E-state index in [1.54, 1.807) is 19.1 Å². The van der Waals surface area contributed by atoms with Crippen molar-refractivity contribution < 1.29 is 18.6 Å². The van der Waals surface area contributed by atoms with Gasteiger partial charge in [0.1, 0.15) is 24.0 Å². The minimum Gasteiger partial charge on any atom is -0.488 e. The van der Waals surface area contributed by atoms with E-state index in [2.05, 4.69) is 15.9 Å². The zero-order valence-corrected chi connectivity index (χ0v) is 12.3. The van der Waals surface area contributed by atoms with Gasteiger partial charge in [-0.15, -0.1) is 0 Å². The summed E-state index contributed by atoms with van der Waals surface area (Å²) >= 11 is 3.25. The smallest absolute Gasteiger partial charge is 0.129 e. The van der Waals surface area contributed by atoms with Crippen LogP contribution < -0.4 is 4.74 Å². The van der Waals surface area contributed by atoms with Crippen molar-refractivity contribution in [2.45, 2.75) is 19.6 Å². The van der Waals surface area contributed by atoms with Crippen molar-refractivity contribution in [1.29, 1.82) is 0 Å². The maximum Gasteiger partial charge on any atom is 0.129 e. The minimum absolute atomic E-state index is 0.0472. The summed E-state index contributed by atoms with van der Waals surface area (Å²) in [6.45, 7) is 1.51. The molecule has 0 saturated carbocycles. The zero-order chi connectivity index (χ0) is 14.7. The van der Waals surface area contributed by atoms with Crippen molar-refractivity contribution in [1.82, 2.24) is 0 Å². The predicted octanol–water partition coefficient (Wildman–Crippen LogP) is 4.36. The summed E-state index contributed by atoms with van der Waals surface area (Å²) in [6, 6.07) is 8.38. The maximum atomic E-state index is 13.6. The highest BCUT2D eigenvalue weighted by molar-refractivity contribution is 9.10. The Labute approximate surface area is 124 Å². The van der Waals surface area contributed by atoms with Crippen LogP contribution in [0.2, 0.25) is 0 Å². The van der Waals surface area contributed by atoms with Crippen LogP contribution in [0.4, 0.5) is 8.78 Å². The Bertz CT molecular complexity index is 615. The average molecular weight is 343 g/mol. The Morgan fingerprint density at radius 1 is 1.20 bits per heavy atom. The topological polar surface area (TPSA) is 29.5 Å². The first-order chi connectivity index (χ1) is 9.47. The number of rotatable bonds is 4. The van der Waals surface area contributed by atoms with Crippen LogP contribution in [0.25, 0.3) is 0 Å².